The number of pyridine rings is 1. The number of nitrogens with zero attached hydrogens (tertiary/aromatic N) is 3. The molecule has 0 aliphatic rings. The van der Waals surface area contributed by atoms with E-state index in [9.17, 15) is 4.39 Å². The van der Waals surface area contributed by atoms with Crippen LogP contribution in [0.2, 0.25) is 0 Å². The van der Waals surface area contributed by atoms with Crippen molar-refractivity contribution in [2.75, 3.05) is 0 Å². The Labute approximate surface area is 91.5 Å². The van der Waals surface area contributed by atoms with Gasteiger partial charge in [0.05, 0.1) is 17.9 Å². The van der Waals surface area contributed by atoms with Gasteiger partial charge in [-0.25, -0.2) is 19.8 Å². The lowest BCUT2D eigenvalue weighted by Crippen LogP contribution is -2.29. The highest BCUT2D eigenvalue weighted by molar-refractivity contribution is 5.24. The van der Waals surface area contributed by atoms with Crippen LogP contribution in [0.1, 0.15) is 17.3 Å². The van der Waals surface area contributed by atoms with Gasteiger partial charge in [-0.15, -0.1) is 0 Å². The molecule has 0 fully saturated rings. The highest BCUT2D eigenvalue weighted by atomic mass is 19.1. The van der Waals surface area contributed by atoms with Gasteiger partial charge in [0.15, 0.2) is 0 Å². The van der Waals surface area contributed by atoms with Gasteiger partial charge < -0.3 is 0 Å². The smallest absolute Gasteiger partial charge is 0.141 e. The lowest BCUT2D eigenvalue weighted by Gasteiger charge is -2.14. The number of rotatable bonds is 3. The van der Waals surface area contributed by atoms with Gasteiger partial charge in [0.1, 0.15) is 12.1 Å². The van der Waals surface area contributed by atoms with Crippen molar-refractivity contribution in [3.05, 3.63) is 54.1 Å². The Hall–Kier alpha value is -1.92. The molecule has 0 saturated heterocycles. The molecule has 16 heavy (non-hydrogen) atoms. The molecule has 2 aromatic heterocycles. The third kappa shape index (κ3) is 2.18. The first-order chi connectivity index (χ1) is 7.81. The van der Waals surface area contributed by atoms with Crippen LogP contribution in [0.15, 0.2) is 37.1 Å². The molecule has 0 aliphatic carbocycles. The summed E-state index contributed by atoms with van der Waals surface area (Å²) < 4.78 is 13.0. The number of hydrazine groups is 1. The van der Waals surface area contributed by atoms with Crippen molar-refractivity contribution in [2.45, 2.75) is 6.04 Å². The van der Waals surface area contributed by atoms with Gasteiger partial charge in [-0.05, 0) is 17.7 Å². The zero-order valence-corrected chi connectivity index (χ0v) is 8.34. The fourth-order valence-corrected chi connectivity index (χ4v) is 1.41. The number of halogens is 1. The molecule has 0 bridgehead atoms. The molecule has 0 amide bonds. The molecule has 3 N–H and O–H groups in total. The molecule has 1 unspecified atom stereocenters. The van der Waals surface area contributed by atoms with Gasteiger partial charge in [0.25, 0.3) is 0 Å². The second kappa shape index (κ2) is 4.73. The summed E-state index contributed by atoms with van der Waals surface area (Å²) in [7, 11) is 0. The monoisotopic (exact) mass is 219 g/mol. The van der Waals surface area contributed by atoms with E-state index >= 15 is 0 Å². The highest BCUT2D eigenvalue weighted by Crippen LogP contribution is 2.18. The third-order valence-electron chi connectivity index (χ3n) is 2.13. The lowest BCUT2D eigenvalue weighted by atomic mass is 10.1. The predicted octanol–water partition coefficient (Wildman–Crippen LogP) is 0.563. The van der Waals surface area contributed by atoms with Crippen LogP contribution < -0.4 is 11.3 Å². The fourth-order valence-electron chi connectivity index (χ4n) is 1.41. The van der Waals surface area contributed by atoms with E-state index in [1.165, 1.54) is 18.6 Å². The van der Waals surface area contributed by atoms with Crippen LogP contribution in [0, 0.1) is 5.82 Å². The van der Waals surface area contributed by atoms with Crippen molar-refractivity contribution in [3.63, 3.8) is 0 Å². The van der Waals surface area contributed by atoms with Crippen LogP contribution in [-0.4, -0.2) is 15.0 Å². The molecule has 2 heterocycles. The first-order valence-corrected chi connectivity index (χ1v) is 4.63. The molecule has 0 radical (unpaired) electrons. The average molecular weight is 219 g/mol. The molecule has 6 heteroatoms. The first-order valence-electron chi connectivity index (χ1n) is 4.63. The van der Waals surface area contributed by atoms with Crippen LogP contribution in [0.25, 0.3) is 0 Å². The van der Waals surface area contributed by atoms with Gasteiger partial charge in [0, 0.05) is 12.4 Å². The lowest BCUT2D eigenvalue weighted by molar-refractivity contribution is 0.590. The predicted molar refractivity (Wildman–Crippen MR) is 55.4 cm³/mol. The molecule has 5 nitrogen and oxygen atoms in total. The van der Waals surface area contributed by atoms with Crippen molar-refractivity contribution < 1.29 is 4.39 Å². The van der Waals surface area contributed by atoms with Crippen LogP contribution >= 0.6 is 0 Å². The maximum absolute atomic E-state index is 13.0. The molecule has 0 aliphatic heterocycles. The van der Waals surface area contributed by atoms with E-state index in [1.54, 1.807) is 12.3 Å². The molecule has 0 aromatic carbocycles. The summed E-state index contributed by atoms with van der Waals surface area (Å²) in [6.45, 7) is 0. The standard InChI is InChI=1S/C10H10FN5/c11-8-3-7(4-14-5-8)10(16-12)9-1-2-13-6-15-9/h1-6,10,16H,12H2. The second-order valence-corrected chi connectivity index (χ2v) is 3.17. The first kappa shape index (κ1) is 10.6. The van der Waals surface area contributed by atoms with E-state index in [4.69, 9.17) is 5.84 Å². The molecule has 2 rings (SSSR count). The molecule has 1 atom stereocenters. The number of nitrogens with one attached hydrogen (secondary N) is 1. The quantitative estimate of drug-likeness (QED) is 0.582. The van der Waals surface area contributed by atoms with Crippen molar-refractivity contribution in [2.24, 2.45) is 5.84 Å². The van der Waals surface area contributed by atoms with Crippen LogP contribution in [0.5, 0.6) is 0 Å². The topological polar surface area (TPSA) is 76.7 Å². The van der Waals surface area contributed by atoms with E-state index in [1.807, 2.05) is 0 Å². The Morgan fingerprint density at radius 1 is 1.31 bits per heavy atom. The van der Waals surface area contributed by atoms with Gasteiger partial charge in [-0.2, -0.15) is 0 Å². The zero-order valence-electron chi connectivity index (χ0n) is 8.34. The summed E-state index contributed by atoms with van der Waals surface area (Å²) in [4.78, 5) is 11.6. The molecule has 0 saturated carbocycles. The Morgan fingerprint density at radius 2 is 2.19 bits per heavy atom. The Balaban J connectivity index is 2.37. The van der Waals surface area contributed by atoms with E-state index in [2.05, 4.69) is 20.4 Å². The minimum Gasteiger partial charge on any atom is -0.271 e. The summed E-state index contributed by atoms with van der Waals surface area (Å²) in [5, 5.41) is 0. The minimum absolute atomic E-state index is 0.397. The van der Waals surface area contributed by atoms with Gasteiger partial charge in [-0.1, -0.05) is 0 Å². The summed E-state index contributed by atoms with van der Waals surface area (Å²) >= 11 is 0. The Kier molecular flexibility index (Phi) is 3.13. The third-order valence-corrected chi connectivity index (χ3v) is 2.13. The van der Waals surface area contributed by atoms with Crippen molar-refractivity contribution in [1.29, 1.82) is 0 Å². The van der Waals surface area contributed by atoms with Crippen LogP contribution in [0.4, 0.5) is 4.39 Å². The summed E-state index contributed by atoms with van der Waals surface area (Å²) in [6, 6.07) is 2.67. The number of hydrogen-bond donors (Lipinski definition) is 2. The second-order valence-electron chi connectivity index (χ2n) is 3.17. The van der Waals surface area contributed by atoms with Crippen molar-refractivity contribution in [3.8, 4) is 0 Å². The summed E-state index contributed by atoms with van der Waals surface area (Å²) in [5.74, 6) is 5.02. The average Bonchev–Trinajstić information content (AvgIpc) is 2.31. The van der Waals surface area contributed by atoms with Crippen molar-refractivity contribution >= 4 is 0 Å². The van der Waals surface area contributed by atoms with Gasteiger partial charge in [-0.3, -0.25) is 10.8 Å². The van der Waals surface area contributed by atoms with Crippen molar-refractivity contribution in [1.82, 2.24) is 20.4 Å². The summed E-state index contributed by atoms with van der Waals surface area (Å²) in [6.07, 6.45) is 5.68. The normalized spacial score (nSPS) is 12.4. The largest absolute Gasteiger partial charge is 0.271 e. The Morgan fingerprint density at radius 3 is 2.81 bits per heavy atom. The highest BCUT2D eigenvalue weighted by Gasteiger charge is 2.14. The van der Waals surface area contributed by atoms with Crippen LogP contribution in [0.3, 0.4) is 0 Å². The maximum atomic E-state index is 13.0. The SMILES string of the molecule is NNC(c1cncc(F)c1)c1ccncn1. The van der Waals surface area contributed by atoms with E-state index in [0.717, 1.165) is 6.20 Å². The maximum Gasteiger partial charge on any atom is 0.141 e. The summed E-state index contributed by atoms with van der Waals surface area (Å²) in [5.41, 5.74) is 3.83. The Bertz CT molecular complexity index is 462. The molecule has 2 aromatic rings. The van der Waals surface area contributed by atoms with Crippen LogP contribution in [-0.2, 0) is 0 Å². The van der Waals surface area contributed by atoms with E-state index < -0.39 is 11.9 Å². The molecular formula is C10H10FN5. The number of nitrogens with two attached hydrogens (primary N) is 1. The minimum atomic E-state index is -0.410. The fraction of sp³-hybridized carbons (Fsp3) is 0.100. The molecular weight excluding hydrogens is 209 g/mol. The van der Waals surface area contributed by atoms with Gasteiger partial charge in [0.2, 0.25) is 0 Å². The number of aromatic nitrogens is 3. The molecule has 0 spiro atoms. The zero-order chi connectivity index (χ0) is 11.4. The molecule has 82 valence electrons. The number of hydrogen-bond acceptors (Lipinski definition) is 5. The van der Waals surface area contributed by atoms with E-state index in [-0.39, 0.29) is 0 Å². The van der Waals surface area contributed by atoms with E-state index in [0.29, 0.717) is 11.3 Å². The van der Waals surface area contributed by atoms with Gasteiger partial charge >= 0.3 is 0 Å².